The number of carbonyl (C=O) groups is 1. The SMILES string of the molecule is Cc1nc2c(NC(C)(C)C)cc(Cl)nn2c1Cc1cccc(F)c1C1CCN(C(=O)OC(C)(C)C)CC1. The van der Waals surface area contributed by atoms with Gasteiger partial charge in [-0.2, -0.15) is 5.10 Å². The minimum Gasteiger partial charge on any atom is -0.444 e. The van der Waals surface area contributed by atoms with E-state index >= 15 is 4.39 Å². The van der Waals surface area contributed by atoms with Crippen LogP contribution in [0, 0.1) is 12.7 Å². The highest BCUT2D eigenvalue weighted by atomic mass is 35.5. The van der Waals surface area contributed by atoms with Crippen molar-refractivity contribution in [3.8, 4) is 0 Å². The van der Waals surface area contributed by atoms with E-state index in [0.717, 1.165) is 22.6 Å². The van der Waals surface area contributed by atoms with Gasteiger partial charge in [-0.15, -0.1) is 0 Å². The number of ether oxygens (including phenoxy) is 1. The van der Waals surface area contributed by atoms with Gasteiger partial charge in [0.1, 0.15) is 11.4 Å². The van der Waals surface area contributed by atoms with E-state index in [1.54, 1.807) is 21.5 Å². The van der Waals surface area contributed by atoms with E-state index < -0.39 is 5.60 Å². The Kier molecular flexibility index (Phi) is 7.43. The van der Waals surface area contributed by atoms with Crippen molar-refractivity contribution in [1.82, 2.24) is 19.5 Å². The second-order valence-corrected chi connectivity index (χ2v) is 12.3. The minimum atomic E-state index is -0.544. The number of likely N-dealkylation sites (tertiary alicyclic amines) is 1. The lowest BCUT2D eigenvalue weighted by Crippen LogP contribution is -2.41. The van der Waals surface area contributed by atoms with E-state index in [4.69, 9.17) is 21.3 Å². The van der Waals surface area contributed by atoms with Crippen LogP contribution >= 0.6 is 11.6 Å². The number of fused-ring (bicyclic) bond motifs is 1. The van der Waals surface area contributed by atoms with Gasteiger partial charge in [-0.05, 0) is 84.4 Å². The van der Waals surface area contributed by atoms with Gasteiger partial charge in [0.15, 0.2) is 10.8 Å². The molecule has 200 valence electrons. The van der Waals surface area contributed by atoms with Crippen LogP contribution < -0.4 is 5.32 Å². The molecule has 0 unspecified atom stereocenters. The number of carbonyl (C=O) groups excluding carboxylic acids is 1. The van der Waals surface area contributed by atoms with Crippen LogP contribution in [0.2, 0.25) is 5.15 Å². The quantitative estimate of drug-likeness (QED) is 0.405. The molecule has 1 N–H and O–H groups in total. The Morgan fingerprint density at radius 2 is 1.86 bits per heavy atom. The van der Waals surface area contributed by atoms with Crippen LogP contribution in [0.3, 0.4) is 0 Å². The summed E-state index contributed by atoms with van der Waals surface area (Å²) in [6.45, 7) is 14.8. The van der Waals surface area contributed by atoms with Gasteiger partial charge in [0.25, 0.3) is 0 Å². The lowest BCUT2D eigenvalue weighted by atomic mass is 9.85. The second-order valence-electron chi connectivity index (χ2n) is 11.9. The average molecular weight is 530 g/mol. The van der Waals surface area contributed by atoms with Crippen LogP contribution in [-0.4, -0.2) is 49.8 Å². The molecular weight excluding hydrogens is 493 g/mol. The van der Waals surface area contributed by atoms with Crippen molar-refractivity contribution in [2.24, 2.45) is 0 Å². The lowest BCUT2D eigenvalue weighted by molar-refractivity contribution is 0.0204. The maximum Gasteiger partial charge on any atom is 0.410 e. The van der Waals surface area contributed by atoms with Crippen molar-refractivity contribution in [1.29, 1.82) is 0 Å². The molecule has 37 heavy (non-hydrogen) atoms. The summed E-state index contributed by atoms with van der Waals surface area (Å²) < 4.78 is 22.6. The van der Waals surface area contributed by atoms with Crippen molar-refractivity contribution < 1.29 is 13.9 Å². The van der Waals surface area contributed by atoms with Crippen LogP contribution in [0.15, 0.2) is 24.3 Å². The number of benzene rings is 1. The normalized spacial score (nSPS) is 15.3. The Morgan fingerprint density at radius 3 is 2.49 bits per heavy atom. The monoisotopic (exact) mass is 529 g/mol. The molecule has 1 saturated heterocycles. The standard InChI is InChI=1S/C28H37ClFN5O2/c1-17-22(35-25(31-17)21(16-23(29)33-35)32-27(2,3)4)15-19-9-8-10-20(30)24(19)18-11-13-34(14-12-18)26(36)37-28(5,6)7/h8-10,16,18,32H,11-15H2,1-7H3. The van der Waals surface area contributed by atoms with Gasteiger partial charge in [-0.1, -0.05) is 23.7 Å². The fourth-order valence-electron chi connectivity index (χ4n) is 4.89. The molecule has 0 aliphatic carbocycles. The Bertz CT molecular complexity index is 1300. The van der Waals surface area contributed by atoms with Crippen molar-refractivity contribution >= 4 is 29.0 Å². The molecule has 0 radical (unpaired) electrons. The maximum atomic E-state index is 15.3. The Hall–Kier alpha value is -2.87. The first kappa shape index (κ1) is 27.2. The van der Waals surface area contributed by atoms with Gasteiger partial charge < -0.3 is 15.0 Å². The highest BCUT2D eigenvalue weighted by molar-refractivity contribution is 6.29. The molecule has 4 rings (SSSR count). The zero-order valence-electron chi connectivity index (χ0n) is 22.8. The molecule has 2 aromatic heterocycles. The summed E-state index contributed by atoms with van der Waals surface area (Å²) in [5.41, 5.74) is 4.05. The van der Waals surface area contributed by atoms with Crippen molar-refractivity contribution in [2.75, 3.05) is 18.4 Å². The molecule has 0 spiro atoms. The zero-order chi connectivity index (χ0) is 27.1. The third-order valence-corrected chi connectivity index (χ3v) is 6.60. The van der Waals surface area contributed by atoms with Gasteiger partial charge >= 0.3 is 6.09 Å². The minimum absolute atomic E-state index is 0.00374. The summed E-state index contributed by atoms with van der Waals surface area (Å²) in [6.07, 6.45) is 1.49. The fourth-order valence-corrected chi connectivity index (χ4v) is 5.08. The predicted molar refractivity (Wildman–Crippen MR) is 145 cm³/mol. The molecule has 1 aliphatic rings. The predicted octanol–water partition coefficient (Wildman–Crippen LogP) is 6.75. The number of amides is 1. The summed E-state index contributed by atoms with van der Waals surface area (Å²) in [6, 6.07) is 7.01. The van der Waals surface area contributed by atoms with E-state index in [0.29, 0.717) is 48.7 Å². The molecule has 7 nitrogen and oxygen atoms in total. The summed E-state index contributed by atoms with van der Waals surface area (Å²) in [7, 11) is 0. The van der Waals surface area contributed by atoms with Crippen molar-refractivity contribution in [2.45, 2.75) is 84.8 Å². The van der Waals surface area contributed by atoms with Crippen LogP contribution in [0.4, 0.5) is 14.9 Å². The third-order valence-electron chi connectivity index (χ3n) is 6.41. The number of rotatable bonds is 4. The number of piperidine rings is 1. The molecule has 3 heterocycles. The first-order valence-corrected chi connectivity index (χ1v) is 13.2. The number of hydrogen-bond donors (Lipinski definition) is 1. The molecular formula is C28H37ClFN5O2. The third kappa shape index (κ3) is 6.35. The number of anilines is 1. The highest BCUT2D eigenvalue weighted by Crippen LogP contribution is 2.35. The average Bonchev–Trinajstić information content (AvgIpc) is 3.07. The number of nitrogens with one attached hydrogen (secondary N) is 1. The van der Waals surface area contributed by atoms with Crippen molar-refractivity contribution in [3.05, 3.63) is 57.8 Å². The summed E-state index contributed by atoms with van der Waals surface area (Å²) in [5, 5.41) is 8.35. The van der Waals surface area contributed by atoms with E-state index in [1.165, 1.54) is 6.07 Å². The maximum absolute atomic E-state index is 15.3. The number of imidazole rings is 1. The van der Waals surface area contributed by atoms with Gasteiger partial charge in [0.05, 0.1) is 17.1 Å². The summed E-state index contributed by atoms with van der Waals surface area (Å²) >= 11 is 6.39. The van der Waals surface area contributed by atoms with E-state index in [9.17, 15) is 4.79 Å². The lowest BCUT2D eigenvalue weighted by Gasteiger charge is -2.34. The topological polar surface area (TPSA) is 71.8 Å². The Morgan fingerprint density at radius 1 is 1.19 bits per heavy atom. The largest absolute Gasteiger partial charge is 0.444 e. The van der Waals surface area contributed by atoms with Gasteiger partial charge in [-0.25, -0.2) is 18.7 Å². The van der Waals surface area contributed by atoms with Crippen LogP contribution in [0.5, 0.6) is 0 Å². The number of nitrogens with zero attached hydrogens (tertiary/aromatic N) is 4. The van der Waals surface area contributed by atoms with E-state index in [1.807, 2.05) is 33.8 Å². The first-order chi connectivity index (χ1) is 17.2. The number of aryl methyl sites for hydroxylation is 1. The Labute approximate surface area is 223 Å². The number of aromatic nitrogens is 3. The van der Waals surface area contributed by atoms with Crippen molar-refractivity contribution in [3.63, 3.8) is 0 Å². The smallest absolute Gasteiger partial charge is 0.410 e. The Balaban J connectivity index is 1.62. The molecule has 0 saturated carbocycles. The van der Waals surface area contributed by atoms with Crippen LogP contribution in [0.25, 0.3) is 5.65 Å². The zero-order valence-corrected chi connectivity index (χ0v) is 23.5. The molecule has 0 bridgehead atoms. The van der Waals surface area contributed by atoms with Gasteiger partial charge in [0.2, 0.25) is 0 Å². The molecule has 1 amide bonds. The number of hydrogen-bond acceptors (Lipinski definition) is 5. The molecule has 1 fully saturated rings. The highest BCUT2D eigenvalue weighted by Gasteiger charge is 2.30. The van der Waals surface area contributed by atoms with Gasteiger partial charge in [-0.3, -0.25) is 0 Å². The van der Waals surface area contributed by atoms with Gasteiger partial charge in [0, 0.05) is 31.1 Å². The first-order valence-electron chi connectivity index (χ1n) is 12.8. The molecule has 1 aliphatic heterocycles. The summed E-state index contributed by atoms with van der Waals surface area (Å²) in [4.78, 5) is 19.0. The van der Waals surface area contributed by atoms with E-state index in [2.05, 4.69) is 31.2 Å². The molecule has 3 aromatic rings. The van der Waals surface area contributed by atoms with Crippen LogP contribution in [0.1, 0.15) is 82.8 Å². The summed E-state index contributed by atoms with van der Waals surface area (Å²) in [5.74, 6) is -0.218. The molecule has 9 heteroatoms. The molecule has 1 aromatic carbocycles. The van der Waals surface area contributed by atoms with E-state index in [-0.39, 0.29) is 23.4 Å². The molecule has 0 atom stereocenters. The fraction of sp³-hybridized carbons (Fsp3) is 0.536. The second kappa shape index (κ2) is 10.1. The number of halogens is 2. The van der Waals surface area contributed by atoms with Crippen LogP contribution in [-0.2, 0) is 11.2 Å².